The molecule has 2 N–H and O–H groups in total. The summed E-state index contributed by atoms with van der Waals surface area (Å²) in [7, 11) is -3.04. The maximum Gasteiger partial charge on any atom is 0.234 e. The highest BCUT2D eigenvalue weighted by Crippen LogP contribution is 2.40. The summed E-state index contributed by atoms with van der Waals surface area (Å²) in [6.45, 7) is 4.52. The standard InChI is InChI=1S/C23H33N3O3S/c1-3-19(15-18-7-5-4-6-8-18)21-16-22(21)25-20-9-12-26(13-10-20)17-23(27)24-11-14-30(2,28)29/h4-5,7,15,20-22,25H,3,9-14,16-17H2,1-2H3,(H,24,27)/b19-15+/t21-,22+/m0/s1. The van der Waals surface area contributed by atoms with Crippen molar-refractivity contribution in [2.24, 2.45) is 5.92 Å². The largest absolute Gasteiger partial charge is 0.354 e. The number of hydrogen-bond donors (Lipinski definition) is 2. The lowest BCUT2D eigenvalue weighted by atomic mass is 10.0. The molecule has 1 saturated heterocycles. The summed E-state index contributed by atoms with van der Waals surface area (Å²) in [5, 5.41) is 6.51. The van der Waals surface area contributed by atoms with E-state index in [2.05, 4.69) is 46.7 Å². The predicted octanol–water partition coefficient (Wildman–Crippen LogP) is 1.68. The highest BCUT2D eigenvalue weighted by molar-refractivity contribution is 7.90. The molecular formula is C23H33N3O3S. The third-order valence-electron chi connectivity index (χ3n) is 5.89. The molecule has 0 bridgehead atoms. The Hall–Kier alpha value is -1.88. The van der Waals surface area contributed by atoms with Crippen molar-refractivity contribution in [1.29, 1.82) is 0 Å². The minimum absolute atomic E-state index is 0.0119. The molecule has 0 radical (unpaired) electrons. The Labute approximate surface area is 181 Å². The molecule has 1 aliphatic carbocycles. The number of amides is 1. The van der Waals surface area contributed by atoms with Gasteiger partial charge in [0.2, 0.25) is 5.91 Å². The highest BCUT2D eigenvalue weighted by atomic mass is 32.2. The molecular weight excluding hydrogens is 398 g/mol. The Morgan fingerprint density at radius 1 is 1.33 bits per heavy atom. The molecule has 1 aliphatic heterocycles. The number of carbonyl (C=O) groups is 1. The zero-order chi connectivity index (χ0) is 21.6. The van der Waals surface area contributed by atoms with Gasteiger partial charge in [0.25, 0.3) is 0 Å². The van der Waals surface area contributed by atoms with E-state index in [4.69, 9.17) is 0 Å². The van der Waals surface area contributed by atoms with Crippen LogP contribution in [0.1, 0.15) is 38.2 Å². The topological polar surface area (TPSA) is 78.5 Å². The molecule has 164 valence electrons. The minimum Gasteiger partial charge on any atom is -0.354 e. The smallest absolute Gasteiger partial charge is 0.234 e. The number of rotatable bonds is 10. The van der Waals surface area contributed by atoms with Crippen LogP contribution in [0.15, 0.2) is 23.8 Å². The Balaban J connectivity index is 1.36. The zero-order valence-electron chi connectivity index (χ0n) is 18.0. The second-order valence-electron chi connectivity index (χ2n) is 8.47. The number of nitrogens with one attached hydrogen (secondary N) is 2. The molecule has 1 aromatic carbocycles. The van der Waals surface area contributed by atoms with Crippen LogP contribution >= 0.6 is 0 Å². The van der Waals surface area contributed by atoms with Crippen LogP contribution in [-0.4, -0.2) is 69.5 Å². The van der Waals surface area contributed by atoms with Gasteiger partial charge in [0.05, 0.1) is 12.3 Å². The number of piperidine rings is 1. The van der Waals surface area contributed by atoms with Gasteiger partial charge in [-0.3, -0.25) is 9.69 Å². The summed E-state index contributed by atoms with van der Waals surface area (Å²) in [6.07, 6.45) is 7.75. The third kappa shape index (κ3) is 7.42. The molecule has 2 fully saturated rings. The van der Waals surface area contributed by atoms with Crippen LogP contribution in [0, 0.1) is 18.1 Å². The normalized spacial score (nSPS) is 23.1. The molecule has 2 aliphatic rings. The highest BCUT2D eigenvalue weighted by Gasteiger charge is 2.40. The lowest BCUT2D eigenvalue weighted by Gasteiger charge is -2.32. The lowest BCUT2D eigenvalue weighted by Crippen LogP contribution is -2.47. The van der Waals surface area contributed by atoms with Gasteiger partial charge in [-0.25, -0.2) is 8.42 Å². The van der Waals surface area contributed by atoms with Crippen LogP contribution in [0.3, 0.4) is 0 Å². The molecule has 1 amide bonds. The molecule has 1 heterocycles. The van der Waals surface area contributed by atoms with Crippen molar-refractivity contribution in [3.63, 3.8) is 0 Å². The average molecular weight is 432 g/mol. The molecule has 30 heavy (non-hydrogen) atoms. The lowest BCUT2D eigenvalue weighted by molar-refractivity contribution is -0.122. The van der Waals surface area contributed by atoms with Crippen molar-refractivity contribution in [2.75, 3.05) is 38.2 Å². The van der Waals surface area contributed by atoms with Crippen molar-refractivity contribution in [3.8, 4) is 0 Å². The molecule has 1 saturated carbocycles. The molecule has 3 rings (SSSR count). The second-order valence-corrected chi connectivity index (χ2v) is 10.7. The molecule has 0 spiro atoms. The fraction of sp³-hybridized carbons (Fsp3) is 0.609. The first-order valence-corrected chi connectivity index (χ1v) is 12.9. The number of carbonyl (C=O) groups excluding carboxylic acids is 1. The van der Waals surface area contributed by atoms with Crippen LogP contribution < -0.4 is 10.6 Å². The first-order chi connectivity index (χ1) is 14.3. The minimum atomic E-state index is -3.04. The van der Waals surface area contributed by atoms with Crippen molar-refractivity contribution < 1.29 is 13.2 Å². The molecule has 6 nitrogen and oxygen atoms in total. The van der Waals surface area contributed by atoms with E-state index in [1.807, 2.05) is 12.1 Å². The second kappa shape index (κ2) is 10.4. The van der Waals surface area contributed by atoms with E-state index in [1.54, 1.807) is 0 Å². The van der Waals surface area contributed by atoms with Crippen LogP contribution in [0.2, 0.25) is 0 Å². The first kappa shape index (κ1) is 22.8. The molecule has 7 heteroatoms. The van der Waals surface area contributed by atoms with Gasteiger partial charge in [-0.15, -0.1) is 0 Å². The maximum atomic E-state index is 12.0. The summed E-state index contributed by atoms with van der Waals surface area (Å²) in [4.78, 5) is 14.1. The number of likely N-dealkylation sites (tertiary alicyclic amines) is 1. The number of hydrogen-bond acceptors (Lipinski definition) is 5. The van der Waals surface area contributed by atoms with E-state index in [1.165, 1.54) is 18.2 Å². The van der Waals surface area contributed by atoms with Crippen LogP contribution in [0.5, 0.6) is 0 Å². The monoisotopic (exact) mass is 431 g/mol. The Morgan fingerprint density at radius 3 is 2.73 bits per heavy atom. The van der Waals surface area contributed by atoms with Crippen LogP contribution in [-0.2, 0) is 14.6 Å². The summed E-state index contributed by atoms with van der Waals surface area (Å²) in [5.41, 5.74) is 2.58. The Bertz CT molecular complexity index is 831. The van der Waals surface area contributed by atoms with E-state index in [9.17, 15) is 13.2 Å². The van der Waals surface area contributed by atoms with Gasteiger partial charge in [-0.1, -0.05) is 30.7 Å². The fourth-order valence-corrected chi connectivity index (χ4v) is 4.58. The zero-order valence-corrected chi connectivity index (χ0v) is 18.8. The van der Waals surface area contributed by atoms with Gasteiger partial charge >= 0.3 is 0 Å². The third-order valence-corrected chi connectivity index (χ3v) is 6.83. The quantitative estimate of drug-likeness (QED) is 0.589. The van der Waals surface area contributed by atoms with Crippen molar-refractivity contribution in [1.82, 2.24) is 15.5 Å². The van der Waals surface area contributed by atoms with Crippen molar-refractivity contribution in [3.05, 3.63) is 41.5 Å². The summed E-state index contributed by atoms with van der Waals surface area (Å²) in [6, 6.07) is 13.2. The van der Waals surface area contributed by atoms with Crippen LogP contribution in [0.25, 0.3) is 6.08 Å². The van der Waals surface area contributed by atoms with Gasteiger partial charge in [-0.05, 0) is 49.8 Å². The van der Waals surface area contributed by atoms with E-state index in [-0.39, 0.29) is 18.2 Å². The summed E-state index contributed by atoms with van der Waals surface area (Å²) in [5.74, 6) is 0.504. The van der Waals surface area contributed by atoms with Gasteiger partial charge < -0.3 is 10.6 Å². The van der Waals surface area contributed by atoms with Crippen molar-refractivity contribution in [2.45, 2.75) is 44.7 Å². The van der Waals surface area contributed by atoms with E-state index >= 15 is 0 Å². The van der Waals surface area contributed by atoms with E-state index in [0.717, 1.165) is 37.9 Å². The van der Waals surface area contributed by atoms with Gasteiger partial charge in [-0.2, -0.15) is 0 Å². The van der Waals surface area contributed by atoms with Crippen LogP contribution in [0.4, 0.5) is 0 Å². The molecule has 0 aromatic heterocycles. The van der Waals surface area contributed by atoms with Gasteiger partial charge in [0.1, 0.15) is 9.84 Å². The summed E-state index contributed by atoms with van der Waals surface area (Å²) >= 11 is 0. The van der Waals surface area contributed by atoms with Crippen molar-refractivity contribution >= 4 is 21.8 Å². The number of nitrogens with zero attached hydrogens (tertiary/aromatic N) is 1. The number of sulfone groups is 1. The van der Waals surface area contributed by atoms with Gasteiger partial charge in [0.15, 0.2) is 0 Å². The van der Waals surface area contributed by atoms with E-state index in [0.29, 0.717) is 24.5 Å². The van der Waals surface area contributed by atoms with Gasteiger partial charge in [0, 0.05) is 43.5 Å². The maximum absolute atomic E-state index is 12.0. The molecule has 1 aromatic rings. The SMILES string of the molecule is CC/C(=C\c1c#cccc1)[C@@H]1C[C@H]1NC1CCN(CC(=O)NCCS(C)(=O)=O)CC1. The predicted molar refractivity (Wildman–Crippen MR) is 120 cm³/mol. The average Bonchev–Trinajstić information content (AvgIpc) is 3.46. The Kier molecular flexibility index (Phi) is 7.93. The first-order valence-electron chi connectivity index (χ1n) is 10.9. The fourth-order valence-electron chi connectivity index (χ4n) is 4.11. The Morgan fingerprint density at radius 2 is 2.10 bits per heavy atom. The van der Waals surface area contributed by atoms with E-state index < -0.39 is 9.84 Å². The molecule has 2 atom stereocenters. The summed E-state index contributed by atoms with van der Waals surface area (Å²) < 4.78 is 22.3. The molecule has 0 unspecified atom stereocenters.